The number of halogens is 2. The highest BCUT2D eigenvalue weighted by molar-refractivity contribution is 14.1. The van der Waals surface area contributed by atoms with Gasteiger partial charge in [-0.3, -0.25) is 4.98 Å². The first-order valence-electron chi connectivity index (χ1n) is 2.42. The highest BCUT2D eigenvalue weighted by atomic mass is 127. The first-order valence-corrected chi connectivity index (χ1v) is 4.29. The molecular weight excluding hydrogens is 307 g/mol. The smallest absolute Gasteiger partial charge is 0.219 e. The van der Waals surface area contributed by atoms with Gasteiger partial charge in [0.05, 0.1) is 6.57 Å². The highest BCUT2D eigenvalue weighted by Crippen LogP contribution is 2.22. The van der Waals surface area contributed by atoms with Crippen LogP contribution in [0.1, 0.15) is 0 Å². The Morgan fingerprint density at radius 2 is 2.40 bits per heavy atom. The molecular formula is C6H2BrIN2. The molecule has 0 aromatic carbocycles. The molecule has 1 aromatic rings. The maximum absolute atomic E-state index is 6.74. The summed E-state index contributed by atoms with van der Waals surface area (Å²) >= 11 is 5.26. The number of nitrogens with zero attached hydrogens (tertiary/aromatic N) is 2. The van der Waals surface area contributed by atoms with E-state index in [0.29, 0.717) is 5.69 Å². The summed E-state index contributed by atoms with van der Waals surface area (Å²) in [6.45, 7) is 6.74. The molecule has 1 aromatic heterocycles. The van der Waals surface area contributed by atoms with Crippen LogP contribution in [-0.2, 0) is 0 Å². The Kier molecular flexibility index (Phi) is 2.63. The van der Waals surface area contributed by atoms with Crippen LogP contribution >= 0.6 is 38.5 Å². The molecule has 2 nitrogen and oxygen atoms in total. The summed E-state index contributed by atoms with van der Waals surface area (Å²) in [5.41, 5.74) is 0.593. The summed E-state index contributed by atoms with van der Waals surface area (Å²) < 4.78 is 1.59. The van der Waals surface area contributed by atoms with E-state index in [1.807, 2.05) is 22.6 Å². The molecule has 1 heterocycles. The summed E-state index contributed by atoms with van der Waals surface area (Å²) in [6.07, 6.45) is 1.68. The average Bonchev–Trinajstić information content (AvgIpc) is 1.94. The SMILES string of the molecule is [C-]#[N+]c1cc(Br)cnc1I. The fourth-order valence-corrected chi connectivity index (χ4v) is 1.23. The van der Waals surface area contributed by atoms with E-state index in [9.17, 15) is 0 Å². The first-order chi connectivity index (χ1) is 4.74. The Labute approximate surface area is 80.7 Å². The number of aromatic nitrogens is 1. The second-order valence-corrected chi connectivity index (χ2v) is 3.51. The van der Waals surface area contributed by atoms with Crippen LogP contribution in [0.2, 0.25) is 0 Å². The van der Waals surface area contributed by atoms with Gasteiger partial charge >= 0.3 is 0 Å². The summed E-state index contributed by atoms with van der Waals surface area (Å²) in [6, 6.07) is 1.75. The van der Waals surface area contributed by atoms with Gasteiger partial charge < -0.3 is 0 Å². The van der Waals surface area contributed by atoms with Crippen LogP contribution in [0.15, 0.2) is 16.7 Å². The van der Waals surface area contributed by atoms with Gasteiger partial charge in [0.25, 0.3) is 0 Å². The van der Waals surface area contributed by atoms with Crippen LogP contribution in [-0.4, -0.2) is 4.98 Å². The van der Waals surface area contributed by atoms with Crippen molar-refractivity contribution in [3.05, 3.63) is 31.9 Å². The van der Waals surface area contributed by atoms with Crippen molar-refractivity contribution in [2.75, 3.05) is 0 Å². The van der Waals surface area contributed by atoms with Gasteiger partial charge in [-0.15, -0.1) is 0 Å². The maximum atomic E-state index is 6.74. The lowest BCUT2D eigenvalue weighted by molar-refractivity contribution is 1.27. The Bertz CT molecular complexity index is 292. The van der Waals surface area contributed by atoms with Crippen molar-refractivity contribution in [2.24, 2.45) is 0 Å². The molecule has 0 saturated heterocycles. The van der Waals surface area contributed by atoms with E-state index in [2.05, 4.69) is 25.8 Å². The topological polar surface area (TPSA) is 17.2 Å². The molecule has 0 saturated carbocycles. The van der Waals surface area contributed by atoms with Crippen LogP contribution in [0.5, 0.6) is 0 Å². The average molecular weight is 309 g/mol. The zero-order valence-corrected chi connectivity index (χ0v) is 8.55. The molecule has 0 amide bonds. The maximum Gasteiger partial charge on any atom is 0.219 e. The Hall–Kier alpha value is -0.150. The molecule has 0 aliphatic carbocycles. The zero-order chi connectivity index (χ0) is 7.56. The highest BCUT2D eigenvalue weighted by Gasteiger charge is 1.98. The standard InChI is InChI=1S/C6H2BrIN2/c1-9-5-2-4(7)3-10-6(5)8/h2-3H. The van der Waals surface area contributed by atoms with Crippen LogP contribution in [0.3, 0.4) is 0 Å². The molecule has 0 bridgehead atoms. The zero-order valence-electron chi connectivity index (χ0n) is 4.81. The van der Waals surface area contributed by atoms with E-state index in [-0.39, 0.29) is 0 Å². The van der Waals surface area contributed by atoms with Gasteiger partial charge in [0.15, 0.2) is 0 Å². The van der Waals surface area contributed by atoms with E-state index in [1.54, 1.807) is 12.3 Å². The normalized spacial score (nSPS) is 8.90. The molecule has 1 rings (SSSR count). The Morgan fingerprint density at radius 3 is 2.90 bits per heavy atom. The minimum atomic E-state index is 0.593. The van der Waals surface area contributed by atoms with Crippen LogP contribution in [0.4, 0.5) is 5.69 Å². The predicted molar refractivity (Wildman–Crippen MR) is 50.9 cm³/mol. The van der Waals surface area contributed by atoms with Crippen molar-refractivity contribution in [1.82, 2.24) is 4.98 Å². The number of hydrogen-bond acceptors (Lipinski definition) is 1. The van der Waals surface area contributed by atoms with E-state index in [4.69, 9.17) is 6.57 Å². The van der Waals surface area contributed by atoms with Crippen LogP contribution in [0.25, 0.3) is 4.85 Å². The molecule has 0 aliphatic heterocycles. The lowest BCUT2D eigenvalue weighted by Crippen LogP contribution is -1.77. The van der Waals surface area contributed by atoms with Crippen molar-refractivity contribution in [3.8, 4) is 0 Å². The van der Waals surface area contributed by atoms with E-state index >= 15 is 0 Å². The third-order valence-corrected chi connectivity index (χ3v) is 2.17. The van der Waals surface area contributed by atoms with Crippen LogP contribution < -0.4 is 0 Å². The van der Waals surface area contributed by atoms with Gasteiger partial charge in [-0.05, 0) is 28.7 Å². The van der Waals surface area contributed by atoms with E-state index < -0.39 is 0 Å². The minimum Gasteiger partial charge on any atom is -0.261 e. The largest absolute Gasteiger partial charge is 0.261 e. The van der Waals surface area contributed by atoms with Crippen molar-refractivity contribution < 1.29 is 0 Å². The van der Waals surface area contributed by atoms with Gasteiger partial charge in [0, 0.05) is 10.7 Å². The van der Waals surface area contributed by atoms with E-state index in [1.165, 1.54) is 0 Å². The monoisotopic (exact) mass is 308 g/mol. The Balaban J connectivity index is 3.25. The van der Waals surface area contributed by atoms with Gasteiger partial charge in [-0.25, -0.2) is 4.85 Å². The van der Waals surface area contributed by atoms with Crippen molar-refractivity contribution in [2.45, 2.75) is 0 Å². The minimum absolute atomic E-state index is 0.593. The first kappa shape index (κ1) is 7.95. The number of rotatable bonds is 0. The molecule has 0 radical (unpaired) electrons. The summed E-state index contributed by atoms with van der Waals surface area (Å²) in [4.78, 5) is 7.26. The predicted octanol–water partition coefficient (Wildman–Crippen LogP) is 3.00. The second-order valence-electron chi connectivity index (χ2n) is 1.58. The van der Waals surface area contributed by atoms with E-state index in [0.717, 1.165) is 8.17 Å². The third kappa shape index (κ3) is 1.67. The lowest BCUT2D eigenvalue weighted by Gasteiger charge is -1.92. The van der Waals surface area contributed by atoms with Gasteiger partial charge in [-0.2, -0.15) is 0 Å². The molecule has 0 fully saturated rings. The molecule has 10 heavy (non-hydrogen) atoms. The summed E-state index contributed by atoms with van der Waals surface area (Å²) in [7, 11) is 0. The van der Waals surface area contributed by atoms with Crippen LogP contribution in [0, 0.1) is 10.3 Å². The molecule has 50 valence electrons. The lowest BCUT2D eigenvalue weighted by atomic mass is 10.4. The van der Waals surface area contributed by atoms with Gasteiger partial charge in [0.2, 0.25) is 5.69 Å². The quantitative estimate of drug-likeness (QED) is 0.409. The number of pyridine rings is 1. The fraction of sp³-hybridized carbons (Fsp3) is 0. The molecule has 0 atom stereocenters. The number of hydrogen-bond donors (Lipinski definition) is 0. The third-order valence-electron chi connectivity index (χ3n) is 0.908. The summed E-state index contributed by atoms with van der Waals surface area (Å²) in [5.74, 6) is 0. The van der Waals surface area contributed by atoms with Crippen molar-refractivity contribution in [1.29, 1.82) is 0 Å². The molecule has 0 spiro atoms. The molecule has 0 N–H and O–H groups in total. The summed E-state index contributed by atoms with van der Waals surface area (Å²) in [5, 5.41) is 0. The Morgan fingerprint density at radius 1 is 1.70 bits per heavy atom. The molecule has 0 aliphatic rings. The molecule has 0 unspecified atom stereocenters. The van der Waals surface area contributed by atoms with Gasteiger partial charge in [0.1, 0.15) is 3.70 Å². The fourth-order valence-electron chi connectivity index (χ4n) is 0.490. The van der Waals surface area contributed by atoms with Gasteiger partial charge in [-0.1, -0.05) is 15.9 Å². The molecule has 4 heteroatoms. The van der Waals surface area contributed by atoms with Crippen molar-refractivity contribution >= 4 is 44.2 Å². The second kappa shape index (κ2) is 3.30. The van der Waals surface area contributed by atoms with Crippen molar-refractivity contribution in [3.63, 3.8) is 0 Å².